The molecule has 42 heavy (non-hydrogen) atoms. The summed E-state index contributed by atoms with van der Waals surface area (Å²) in [6, 6.07) is 0.647. The van der Waals surface area contributed by atoms with Crippen molar-refractivity contribution >= 4 is 6.09 Å². The molecule has 0 aromatic rings. The smallest absolute Gasteiger partial charge is 0.409 e. The van der Waals surface area contributed by atoms with E-state index in [1.54, 1.807) is 0 Å². The molecule has 6 fully saturated rings. The highest BCUT2D eigenvalue weighted by Crippen LogP contribution is 2.69. The second-order valence-corrected chi connectivity index (χ2v) is 16.3. The van der Waals surface area contributed by atoms with Crippen molar-refractivity contribution in [2.75, 3.05) is 32.8 Å². The molecule has 0 spiro atoms. The van der Waals surface area contributed by atoms with Crippen molar-refractivity contribution < 1.29 is 19.7 Å². The van der Waals surface area contributed by atoms with Gasteiger partial charge in [-0.1, -0.05) is 40.5 Å². The number of rotatable bonds is 6. The number of nitrogens with zero attached hydrogens (tertiary/aromatic N) is 2. The van der Waals surface area contributed by atoms with E-state index in [9.17, 15) is 15.0 Å². The maximum absolute atomic E-state index is 12.9. The van der Waals surface area contributed by atoms with Crippen molar-refractivity contribution in [3.05, 3.63) is 0 Å². The number of aliphatic hydroxyl groups excluding tert-OH is 2. The molecule has 2 aliphatic heterocycles. The summed E-state index contributed by atoms with van der Waals surface area (Å²) in [5.41, 5.74) is 0.517. The third-order valence-corrected chi connectivity index (χ3v) is 14.6. The van der Waals surface area contributed by atoms with Crippen LogP contribution in [0.2, 0.25) is 0 Å². The predicted octanol–water partition coefficient (Wildman–Crippen LogP) is 6.73. The van der Waals surface area contributed by atoms with Crippen LogP contribution in [0.3, 0.4) is 0 Å². The second kappa shape index (κ2) is 12.5. The minimum Gasteiger partial charge on any atom is -0.449 e. The SMILES string of the molecule is CC[C@@H]1C2C[C@H](O)CCC2(C)[C@H]2CCC3(C)[C@@H]([C@H](C)CCOC(=O)N4CCC(N5CCCCC5)CC4)CC[C@H]3C2[C@@H]1O. The first-order valence-corrected chi connectivity index (χ1v) is 18.2. The molecule has 4 saturated carbocycles. The molecule has 2 N–H and O–H groups in total. The zero-order valence-corrected chi connectivity index (χ0v) is 27.3. The molecule has 6 heteroatoms. The van der Waals surface area contributed by atoms with E-state index in [2.05, 4.69) is 32.6 Å². The van der Waals surface area contributed by atoms with Gasteiger partial charge in [-0.15, -0.1) is 0 Å². The van der Waals surface area contributed by atoms with Crippen LogP contribution in [0.25, 0.3) is 0 Å². The minimum atomic E-state index is -0.234. The molecule has 0 radical (unpaired) electrons. The van der Waals surface area contributed by atoms with Gasteiger partial charge < -0.3 is 24.7 Å². The number of hydrogen-bond acceptors (Lipinski definition) is 5. The van der Waals surface area contributed by atoms with Crippen molar-refractivity contribution in [1.29, 1.82) is 0 Å². The monoisotopic (exact) mass is 586 g/mol. The Morgan fingerprint density at radius 3 is 2.29 bits per heavy atom. The number of aliphatic hydroxyl groups is 2. The lowest BCUT2D eigenvalue weighted by atomic mass is 9.41. The normalized spacial score (nSPS) is 45.5. The van der Waals surface area contributed by atoms with Crippen molar-refractivity contribution in [2.45, 2.75) is 136 Å². The summed E-state index contributed by atoms with van der Waals surface area (Å²) in [4.78, 5) is 17.5. The molecular formula is C36H62N2O4. The van der Waals surface area contributed by atoms with Crippen LogP contribution in [-0.4, -0.2) is 77.1 Å². The van der Waals surface area contributed by atoms with Gasteiger partial charge in [-0.2, -0.15) is 0 Å². The van der Waals surface area contributed by atoms with E-state index >= 15 is 0 Å². The summed E-state index contributed by atoms with van der Waals surface area (Å²) in [5.74, 6) is 3.48. The largest absolute Gasteiger partial charge is 0.449 e. The number of likely N-dealkylation sites (tertiary alicyclic amines) is 2. The lowest BCUT2D eigenvalue weighted by Gasteiger charge is -2.64. The van der Waals surface area contributed by atoms with Crippen LogP contribution in [0, 0.1) is 52.3 Å². The molecule has 240 valence electrons. The minimum absolute atomic E-state index is 0.105. The molecule has 0 aromatic heterocycles. The standard InChI is InChI=1S/C36H62N2O4/c1-5-27-31-23-26(39)11-16-36(31,4)30-12-17-35(3)28(9-10-29(35)32(30)33(27)40)24(2)15-22-42-34(41)38-20-13-25(14-21-38)37-18-7-6-8-19-37/h24-33,39-40H,5-23H2,1-4H3/t24-,26-,27-,28-,29+,30+,31?,32?,33-,35?,36?/m1/s1. The first-order valence-electron chi connectivity index (χ1n) is 18.2. The number of carbonyl (C=O) groups excluding carboxylic acids is 1. The highest BCUT2D eigenvalue weighted by atomic mass is 16.6. The number of amides is 1. The number of piperidine rings is 2. The molecule has 1 amide bonds. The van der Waals surface area contributed by atoms with E-state index in [0.717, 1.165) is 58.0 Å². The predicted molar refractivity (Wildman–Crippen MR) is 167 cm³/mol. The van der Waals surface area contributed by atoms with Crippen LogP contribution in [0.1, 0.15) is 118 Å². The second-order valence-electron chi connectivity index (χ2n) is 16.3. The van der Waals surface area contributed by atoms with Gasteiger partial charge in [-0.3, -0.25) is 0 Å². The van der Waals surface area contributed by atoms with E-state index in [1.807, 2.05) is 4.90 Å². The summed E-state index contributed by atoms with van der Waals surface area (Å²) in [7, 11) is 0. The van der Waals surface area contributed by atoms with Gasteiger partial charge in [-0.25, -0.2) is 4.79 Å². The number of fused-ring (bicyclic) bond motifs is 5. The van der Waals surface area contributed by atoms with Crippen molar-refractivity contribution in [3.63, 3.8) is 0 Å². The van der Waals surface area contributed by atoms with E-state index < -0.39 is 0 Å². The number of carbonyl (C=O) groups is 1. The quantitative estimate of drug-likeness (QED) is 0.361. The third-order valence-electron chi connectivity index (χ3n) is 14.6. The fourth-order valence-electron chi connectivity index (χ4n) is 12.3. The molecule has 2 heterocycles. The Morgan fingerprint density at radius 2 is 1.57 bits per heavy atom. The zero-order chi connectivity index (χ0) is 29.6. The Morgan fingerprint density at radius 1 is 0.881 bits per heavy atom. The van der Waals surface area contributed by atoms with Crippen LogP contribution < -0.4 is 0 Å². The van der Waals surface area contributed by atoms with Gasteiger partial charge in [0.25, 0.3) is 0 Å². The molecule has 11 atom stereocenters. The molecule has 6 nitrogen and oxygen atoms in total. The maximum Gasteiger partial charge on any atom is 0.409 e. The molecule has 6 aliphatic rings. The van der Waals surface area contributed by atoms with Crippen molar-refractivity contribution in [1.82, 2.24) is 9.80 Å². The van der Waals surface area contributed by atoms with Gasteiger partial charge in [0.2, 0.25) is 0 Å². The Kier molecular flexibility index (Phi) is 9.27. The van der Waals surface area contributed by atoms with Gasteiger partial charge in [0.05, 0.1) is 18.8 Å². The van der Waals surface area contributed by atoms with E-state index in [0.29, 0.717) is 54.1 Å². The summed E-state index contributed by atoms with van der Waals surface area (Å²) in [5, 5.41) is 22.5. The number of ether oxygens (including phenoxy) is 1. The topological polar surface area (TPSA) is 73.2 Å². The number of hydrogen-bond donors (Lipinski definition) is 2. The summed E-state index contributed by atoms with van der Waals surface area (Å²) in [6.07, 6.45) is 15.5. The van der Waals surface area contributed by atoms with Crippen LogP contribution in [0.4, 0.5) is 4.79 Å². The molecule has 2 saturated heterocycles. The first-order chi connectivity index (χ1) is 20.2. The molecule has 6 rings (SSSR count). The van der Waals surface area contributed by atoms with Crippen molar-refractivity contribution in [2.24, 2.45) is 52.3 Å². The Balaban J connectivity index is 1.03. The molecule has 4 unspecified atom stereocenters. The zero-order valence-electron chi connectivity index (χ0n) is 27.3. The summed E-state index contributed by atoms with van der Waals surface area (Å²) in [6.45, 7) is 14.4. The van der Waals surface area contributed by atoms with Gasteiger partial charge in [0.15, 0.2) is 0 Å². The van der Waals surface area contributed by atoms with E-state index in [-0.39, 0.29) is 29.1 Å². The Labute approximate surface area is 256 Å². The van der Waals surface area contributed by atoms with Gasteiger partial charge in [0.1, 0.15) is 0 Å². The lowest BCUT2D eigenvalue weighted by Crippen LogP contribution is -2.62. The van der Waals surface area contributed by atoms with Gasteiger partial charge >= 0.3 is 6.09 Å². The summed E-state index contributed by atoms with van der Waals surface area (Å²) < 4.78 is 5.89. The van der Waals surface area contributed by atoms with Crippen LogP contribution >= 0.6 is 0 Å². The Bertz CT molecular complexity index is 931. The molecule has 4 aliphatic carbocycles. The van der Waals surface area contributed by atoms with Gasteiger partial charge in [0, 0.05) is 19.1 Å². The Hall–Kier alpha value is -0.850. The summed E-state index contributed by atoms with van der Waals surface area (Å²) >= 11 is 0. The van der Waals surface area contributed by atoms with Crippen LogP contribution in [0.5, 0.6) is 0 Å². The highest BCUT2D eigenvalue weighted by molar-refractivity contribution is 5.67. The van der Waals surface area contributed by atoms with E-state index in [1.165, 1.54) is 58.0 Å². The fourth-order valence-corrected chi connectivity index (χ4v) is 12.3. The van der Waals surface area contributed by atoms with Crippen LogP contribution in [0.15, 0.2) is 0 Å². The fraction of sp³-hybridized carbons (Fsp3) is 0.972. The van der Waals surface area contributed by atoms with Gasteiger partial charge in [-0.05, 0) is 142 Å². The molecule has 0 aromatic carbocycles. The maximum atomic E-state index is 12.9. The molecular weight excluding hydrogens is 524 g/mol. The third kappa shape index (κ3) is 5.46. The average Bonchev–Trinajstić information content (AvgIpc) is 3.36. The first kappa shape index (κ1) is 31.1. The average molecular weight is 587 g/mol. The van der Waals surface area contributed by atoms with E-state index in [4.69, 9.17) is 4.74 Å². The lowest BCUT2D eigenvalue weighted by molar-refractivity contribution is -0.203. The highest BCUT2D eigenvalue weighted by Gasteiger charge is 2.64. The van der Waals surface area contributed by atoms with Crippen LogP contribution in [-0.2, 0) is 4.74 Å². The molecule has 0 bridgehead atoms. The van der Waals surface area contributed by atoms with Crippen molar-refractivity contribution in [3.8, 4) is 0 Å².